The van der Waals surface area contributed by atoms with Gasteiger partial charge in [0.1, 0.15) is 5.52 Å². The van der Waals surface area contributed by atoms with E-state index in [1.165, 1.54) is 12.8 Å². The van der Waals surface area contributed by atoms with Gasteiger partial charge in [-0.1, -0.05) is 12.8 Å². The summed E-state index contributed by atoms with van der Waals surface area (Å²) in [5.41, 5.74) is 2.33. The Labute approximate surface area is 105 Å². The maximum atomic E-state index is 12.0. The average molecular weight is 244 g/mol. The standard InChI is InChI=1S/C14H16N2O2/c1-9-6-7-12-11(15-9)8-13(18-12)14(17)16-10-4-2-3-5-10/h6-8,10H,2-5H2,1H3,(H,16,17). The number of rotatable bonds is 2. The van der Waals surface area contributed by atoms with E-state index < -0.39 is 0 Å². The van der Waals surface area contributed by atoms with Gasteiger partial charge in [0, 0.05) is 17.8 Å². The van der Waals surface area contributed by atoms with E-state index in [4.69, 9.17) is 4.42 Å². The SMILES string of the molecule is Cc1ccc2oc(C(=O)NC3CCCC3)cc2n1. The summed E-state index contributed by atoms with van der Waals surface area (Å²) in [5, 5.41) is 3.01. The minimum atomic E-state index is -0.127. The maximum Gasteiger partial charge on any atom is 0.287 e. The fourth-order valence-electron chi connectivity index (χ4n) is 2.46. The van der Waals surface area contributed by atoms with Crippen LogP contribution >= 0.6 is 0 Å². The summed E-state index contributed by atoms with van der Waals surface area (Å²) in [7, 11) is 0. The van der Waals surface area contributed by atoms with Crippen LogP contribution in [0, 0.1) is 6.92 Å². The first kappa shape index (κ1) is 11.3. The lowest BCUT2D eigenvalue weighted by molar-refractivity contribution is 0.0912. The van der Waals surface area contributed by atoms with Crippen LogP contribution in [0.15, 0.2) is 22.6 Å². The largest absolute Gasteiger partial charge is 0.449 e. The average Bonchev–Trinajstić information content (AvgIpc) is 2.96. The van der Waals surface area contributed by atoms with Crippen molar-refractivity contribution in [3.8, 4) is 0 Å². The molecule has 94 valence electrons. The van der Waals surface area contributed by atoms with Crippen molar-refractivity contribution in [1.82, 2.24) is 10.3 Å². The molecule has 4 nitrogen and oxygen atoms in total. The Hall–Kier alpha value is -1.84. The molecule has 0 atom stereocenters. The zero-order valence-electron chi connectivity index (χ0n) is 10.4. The summed E-state index contributed by atoms with van der Waals surface area (Å²) in [5.74, 6) is 0.229. The molecule has 0 spiro atoms. The van der Waals surface area contributed by atoms with E-state index in [1.807, 2.05) is 19.1 Å². The Morgan fingerprint density at radius 2 is 2.17 bits per heavy atom. The molecule has 3 rings (SSSR count). The first-order chi connectivity index (χ1) is 8.72. The van der Waals surface area contributed by atoms with Crippen molar-refractivity contribution in [2.75, 3.05) is 0 Å². The van der Waals surface area contributed by atoms with E-state index >= 15 is 0 Å². The van der Waals surface area contributed by atoms with E-state index in [0.717, 1.165) is 24.1 Å². The van der Waals surface area contributed by atoms with Crippen molar-refractivity contribution < 1.29 is 9.21 Å². The van der Waals surface area contributed by atoms with Crippen molar-refractivity contribution >= 4 is 17.0 Å². The second-order valence-electron chi connectivity index (χ2n) is 4.90. The minimum Gasteiger partial charge on any atom is -0.449 e. The lowest BCUT2D eigenvalue weighted by Gasteiger charge is -2.09. The molecule has 2 aromatic heterocycles. The van der Waals surface area contributed by atoms with Crippen LogP contribution in [0.5, 0.6) is 0 Å². The van der Waals surface area contributed by atoms with Crippen LogP contribution in [0.2, 0.25) is 0 Å². The predicted octanol–water partition coefficient (Wildman–Crippen LogP) is 2.81. The number of furan rings is 1. The van der Waals surface area contributed by atoms with E-state index in [0.29, 0.717) is 17.4 Å². The number of aryl methyl sites for hydroxylation is 1. The number of carbonyl (C=O) groups is 1. The first-order valence-corrected chi connectivity index (χ1v) is 6.40. The van der Waals surface area contributed by atoms with Gasteiger partial charge in [-0.2, -0.15) is 0 Å². The van der Waals surface area contributed by atoms with Gasteiger partial charge in [0.25, 0.3) is 5.91 Å². The lowest BCUT2D eigenvalue weighted by Crippen LogP contribution is -2.32. The molecular formula is C14H16N2O2. The number of amides is 1. The van der Waals surface area contributed by atoms with E-state index in [1.54, 1.807) is 6.07 Å². The number of aromatic nitrogens is 1. The second-order valence-corrected chi connectivity index (χ2v) is 4.90. The first-order valence-electron chi connectivity index (χ1n) is 6.40. The molecule has 1 amide bonds. The molecule has 2 heterocycles. The van der Waals surface area contributed by atoms with Crippen LogP contribution in [-0.2, 0) is 0 Å². The van der Waals surface area contributed by atoms with Crippen molar-refractivity contribution in [1.29, 1.82) is 0 Å². The van der Waals surface area contributed by atoms with Crippen molar-refractivity contribution in [3.05, 3.63) is 29.7 Å². The Kier molecular flexibility index (Phi) is 2.78. The van der Waals surface area contributed by atoms with Gasteiger partial charge in [0.15, 0.2) is 11.3 Å². The molecule has 0 radical (unpaired) electrons. The third-order valence-corrected chi connectivity index (χ3v) is 3.43. The topological polar surface area (TPSA) is 55.1 Å². The molecule has 0 bridgehead atoms. The molecule has 2 aromatic rings. The van der Waals surface area contributed by atoms with Crippen LogP contribution < -0.4 is 5.32 Å². The number of hydrogen-bond donors (Lipinski definition) is 1. The molecular weight excluding hydrogens is 228 g/mol. The molecule has 0 saturated heterocycles. The molecule has 1 saturated carbocycles. The van der Waals surface area contributed by atoms with Crippen molar-refractivity contribution in [2.45, 2.75) is 38.6 Å². The fourth-order valence-corrected chi connectivity index (χ4v) is 2.46. The number of carbonyl (C=O) groups excluding carboxylic acids is 1. The Morgan fingerprint density at radius 1 is 1.39 bits per heavy atom. The van der Waals surface area contributed by atoms with E-state index in [9.17, 15) is 4.79 Å². The molecule has 1 N–H and O–H groups in total. The summed E-state index contributed by atoms with van der Waals surface area (Å²) >= 11 is 0. The van der Waals surface area contributed by atoms with Crippen LogP contribution in [0.3, 0.4) is 0 Å². The summed E-state index contributed by atoms with van der Waals surface area (Å²) < 4.78 is 5.52. The Balaban J connectivity index is 1.82. The fraction of sp³-hybridized carbons (Fsp3) is 0.429. The number of fused-ring (bicyclic) bond motifs is 1. The molecule has 1 aliphatic rings. The Morgan fingerprint density at radius 3 is 2.94 bits per heavy atom. The molecule has 0 aromatic carbocycles. The highest BCUT2D eigenvalue weighted by molar-refractivity contribution is 5.95. The van der Waals surface area contributed by atoms with Gasteiger partial charge in [-0.05, 0) is 31.9 Å². The molecule has 1 fully saturated rings. The summed E-state index contributed by atoms with van der Waals surface area (Å²) in [6, 6.07) is 5.75. The van der Waals surface area contributed by atoms with E-state index in [-0.39, 0.29) is 5.91 Å². The second kappa shape index (κ2) is 4.44. The number of pyridine rings is 1. The highest BCUT2D eigenvalue weighted by atomic mass is 16.3. The number of hydrogen-bond acceptors (Lipinski definition) is 3. The van der Waals surface area contributed by atoms with Gasteiger partial charge in [-0.25, -0.2) is 4.98 Å². The van der Waals surface area contributed by atoms with Crippen LogP contribution in [0.25, 0.3) is 11.1 Å². The molecule has 0 aliphatic heterocycles. The number of nitrogens with one attached hydrogen (secondary N) is 1. The van der Waals surface area contributed by atoms with Gasteiger partial charge < -0.3 is 9.73 Å². The normalized spacial score (nSPS) is 16.3. The minimum absolute atomic E-state index is 0.127. The molecule has 18 heavy (non-hydrogen) atoms. The monoisotopic (exact) mass is 244 g/mol. The van der Waals surface area contributed by atoms with Crippen molar-refractivity contribution in [2.24, 2.45) is 0 Å². The van der Waals surface area contributed by atoms with Gasteiger partial charge in [-0.3, -0.25) is 4.79 Å². The molecule has 1 aliphatic carbocycles. The number of nitrogens with zero attached hydrogens (tertiary/aromatic N) is 1. The third-order valence-electron chi connectivity index (χ3n) is 3.43. The third kappa shape index (κ3) is 2.10. The predicted molar refractivity (Wildman–Crippen MR) is 68.5 cm³/mol. The van der Waals surface area contributed by atoms with Gasteiger partial charge in [0.05, 0.1) is 0 Å². The summed E-state index contributed by atoms with van der Waals surface area (Å²) in [6.45, 7) is 1.92. The van der Waals surface area contributed by atoms with Gasteiger partial charge in [-0.15, -0.1) is 0 Å². The smallest absolute Gasteiger partial charge is 0.287 e. The quantitative estimate of drug-likeness (QED) is 0.883. The molecule has 0 unspecified atom stereocenters. The van der Waals surface area contributed by atoms with Crippen LogP contribution in [-0.4, -0.2) is 16.9 Å². The van der Waals surface area contributed by atoms with Gasteiger partial charge in [0.2, 0.25) is 0 Å². The Bertz CT molecular complexity index is 582. The van der Waals surface area contributed by atoms with Crippen LogP contribution in [0.1, 0.15) is 41.9 Å². The summed E-state index contributed by atoms with van der Waals surface area (Å²) in [6.07, 6.45) is 4.55. The van der Waals surface area contributed by atoms with Crippen molar-refractivity contribution in [3.63, 3.8) is 0 Å². The van der Waals surface area contributed by atoms with E-state index in [2.05, 4.69) is 10.3 Å². The summed E-state index contributed by atoms with van der Waals surface area (Å²) in [4.78, 5) is 16.4. The highest BCUT2D eigenvalue weighted by Crippen LogP contribution is 2.20. The highest BCUT2D eigenvalue weighted by Gasteiger charge is 2.20. The zero-order valence-corrected chi connectivity index (χ0v) is 10.4. The lowest BCUT2D eigenvalue weighted by atomic mass is 10.2. The maximum absolute atomic E-state index is 12.0. The van der Waals surface area contributed by atoms with Crippen LogP contribution in [0.4, 0.5) is 0 Å². The zero-order chi connectivity index (χ0) is 12.5. The molecule has 4 heteroatoms. The van der Waals surface area contributed by atoms with Gasteiger partial charge >= 0.3 is 0 Å².